The van der Waals surface area contributed by atoms with Crippen LogP contribution >= 0.6 is 15.9 Å². The SMILES string of the molecule is Cc1nn(C)c(COc2cccc(CO)c2)c1Br. The fourth-order valence-corrected chi connectivity index (χ4v) is 2.17. The lowest BCUT2D eigenvalue weighted by molar-refractivity contribution is 0.276. The van der Waals surface area contributed by atoms with Crippen LogP contribution in [0.3, 0.4) is 0 Å². The molecule has 0 aliphatic rings. The van der Waals surface area contributed by atoms with Gasteiger partial charge in [0.05, 0.1) is 22.5 Å². The number of ether oxygens (including phenoxy) is 1. The van der Waals surface area contributed by atoms with E-state index in [-0.39, 0.29) is 6.61 Å². The van der Waals surface area contributed by atoms with Crippen LogP contribution < -0.4 is 4.74 Å². The van der Waals surface area contributed by atoms with Crippen molar-refractivity contribution in [3.05, 3.63) is 45.7 Å². The molecule has 0 saturated heterocycles. The van der Waals surface area contributed by atoms with E-state index < -0.39 is 0 Å². The Morgan fingerprint density at radius 1 is 1.44 bits per heavy atom. The van der Waals surface area contributed by atoms with Gasteiger partial charge in [0, 0.05) is 7.05 Å². The van der Waals surface area contributed by atoms with Gasteiger partial charge >= 0.3 is 0 Å². The van der Waals surface area contributed by atoms with Crippen LogP contribution in [-0.4, -0.2) is 14.9 Å². The Kier molecular flexibility index (Phi) is 4.04. The minimum Gasteiger partial charge on any atom is -0.487 e. The molecular weight excluding hydrogens is 296 g/mol. The first kappa shape index (κ1) is 13.1. The number of aliphatic hydroxyl groups excluding tert-OH is 1. The van der Waals surface area contributed by atoms with Gasteiger partial charge in [0.2, 0.25) is 0 Å². The third-order valence-electron chi connectivity index (χ3n) is 2.72. The Bertz CT molecular complexity index is 552. The van der Waals surface area contributed by atoms with Gasteiger partial charge in [0.1, 0.15) is 12.4 Å². The second-order valence-corrected chi connectivity index (χ2v) is 4.86. The van der Waals surface area contributed by atoms with Crippen molar-refractivity contribution in [3.8, 4) is 5.75 Å². The molecule has 2 rings (SSSR count). The van der Waals surface area contributed by atoms with E-state index in [0.29, 0.717) is 6.61 Å². The van der Waals surface area contributed by atoms with E-state index >= 15 is 0 Å². The number of rotatable bonds is 4. The predicted molar refractivity (Wildman–Crippen MR) is 72.3 cm³/mol. The largest absolute Gasteiger partial charge is 0.487 e. The highest BCUT2D eigenvalue weighted by molar-refractivity contribution is 9.10. The molecule has 1 N–H and O–H groups in total. The summed E-state index contributed by atoms with van der Waals surface area (Å²) in [6.07, 6.45) is 0. The predicted octanol–water partition coefficient (Wildman–Crippen LogP) is 2.56. The smallest absolute Gasteiger partial charge is 0.131 e. The molecule has 0 fully saturated rings. The van der Waals surface area contributed by atoms with Gasteiger partial charge in [-0.2, -0.15) is 5.10 Å². The zero-order valence-electron chi connectivity index (χ0n) is 10.4. The first-order chi connectivity index (χ1) is 8.61. The Morgan fingerprint density at radius 2 is 2.22 bits per heavy atom. The zero-order chi connectivity index (χ0) is 13.1. The third kappa shape index (κ3) is 2.73. The van der Waals surface area contributed by atoms with Crippen LogP contribution in [0.25, 0.3) is 0 Å². The van der Waals surface area contributed by atoms with Crippen LogP contribution in [0.4, 0.5) is 0 Å². The summed E-state index contributed by atoms with van der Waals surface area (Å²) in [7, 11) is 1.89. The Balaban J connectivity index is 2.11. The summed E-state index contributed by atoms with van der Waals surface area (Å²) in [5.41, 5.74) is 2.77. The lowest BCUT2D eigenvalue weighted by Gasteiger charge is -2.08. The van der Waals surface area contributed by atoms with Gasteiger partial charge in [-0.25, -0.2) is 0 Å². The molecule has 96 valence electrons. The maximum atomic E-state index is 9.06. The number of hydrogen-bond donors (Lipinski definition) is 1. The minimum absolute atomic E-state index is 0.0196. The van der Waals surface area contributed by atoms with Crippen LogP contribution in [0.15, 0.2) is 28.7 Å². The second kappa shape index (κ2) is 5.54. The number of aromatic nitrogens is 2. The van der Waals surface area contributed by atoms with E-state index in [4.69, 9.17) is 9.84 Å². The Hall–Kier alpha value is -1.33. The molecule has 0 bridgehead atoms. The molecule has 5 heteroatoms. The molecule has 1 aromatic heterocycles. The molecule has 0 unspecified atom stereocenters. The summed E-state index contributed by atoms with van der Waals surface area (Å²) in [6.45, 7) is 2.40. The van der Waals surface area contributed by atoms with E-state index in [2.05, 4.69) is 21.0 Å². The summed E-state index contributed by atoms with van der Waals surface area (Å²) in [5.74, 6) is 0.743. The first-order valence-corrected chi connectivity index (χ1v) is 6.41. The number of aliphatic hydroxyl groups is 1. The maximum Gasteiger partial charge on any atom is 0.131 e. The number of halogens is 1. The molecule has 0 aliphatic carbocycles. The fourth-order valence-electron chi connectivity index (χ4n) is 1.72. The average Bonchev–Trinajstić information content (AvgIpc) is 2.61. The van der Waals surface area contributed by atoms with Gasteiger partial charge in [-0.3, -0.25) is 4.68 Å². The van der Waals surface area contributed by atoms with Crippen LogP contribution in [0.2, 0.25) is 0 Å². The summed E-state index contributed by atoms with van der Waals surface area (Å²) in [4.78, 5) is 0. The highest BCUT2D eigenvalue weighted by Crippen LogP contribution is 2.22. The number of benzene rings is 1. The van der Waals surface area contributed by atoms with Crippen LogP contribution in [0.1, 0.15) is 17.0 Å². The van der Waals surface area contributed by atoms with Gasteiger partial charge < -0.3 is 9.84 Å². The van der Waals surface area contributed by atoms with Gasteiger partial charge in [-0.05, 0) is 40.5 Å². The molecule has 2 aromatic rings. The quantitative estimate of drug-likeness (QED) is 0.944. The molecule has 0 saturated carbocycles. The normalized spacial score (nSPS) is 10.7. The van der Waals surface area contributed by atoms with Crippen molar-refractivity contribution in [2.45, 2.75) is 20.1 Å². The van der Waals surface area contributed by atoms with E-state index in [1.165, 1.54) is 0 Å². The van der Waals surface area contributed by atoms with Gasteiger partial charge in [0.25, 0.3) is 0 Å². The van der Waals surface area contributed by atoms with E-state index in [1.54, 1.807) is 4.68 Å². The topological polar surface area (TPSA) is 47.3 Å². The summed E-state index contributed by atoms with van der Waals surface area (Å²) in [6, 6.07) is 7.43. The lowest BCUT2D eigenvalue weighted by atomic mass is 10.2. The standard InChI is InChI=1S/C13H15BrN2O2/c1-9-13(14)12(16(2)15-9)8-18-11-5-3-4-10(6-11)7-17/h3-6,17H,7-8H2,1-2H3. The van der Waals surface area contributed by atoms with Crippen molar-refractivity contribution >= 4 is 15.9 Å². The number of hydrogen-bond acceptors (Lipinski definition) is 3. The lowest BCUT2D eigenvalue weighted by Crippen LogP contribution is -2.03. The third-order valence-corrected chi connectivity index (χ3v) is 3.75. The Labute approximate surface area is 114 Å². The first-order valence-electron chi connectivity index (χ1n) is 5.62. The molecular formula is C13H15BrN2O2. The van der Waals surface area contributed by atoms with Crippen molar-refractivity contribution in [1.29, 1.82) is 0 Å². The maximum absolute atomic E-state index is 9.06. The van der Waals surface area contributed by atoms with Crippen LogP contribution in [0, 0.1) is 6.92 Å². The highest BCUT2D eigenvalue weighted by atomic mass is 79.9. The van der Waals surface area contributed by atoms with E-state index in [1.807, 2.05) is 38.2 Å². The summed E-state index contributed by atoms with van der Waals surface area (Å²) < 4.78 is 8.48. The summed E-state index contributed by atoms with van der Waals surface area (Å²) in [5, 5.41) is 13.4. The van der Waals surface area contributed by atoms with E-state index in [0.717, 1.165) is 27.2 Å². The monoisotopic (exact) mass is 310 g/mol. The zero-order valence-corrected chi connectivity index (χ0v) is 11.9. The molecule has 1 aromatic carbocycles. The van der Waals surface area contributed by atoms with Crippen molar-refractivity contribution in [1.82, 2.24) is 9.78 Å². The number of nitrogens with zero attached hydrogens (tertiary/aromatic N) is 2. The van der Waals surface area contributed by atoms with Crippen LogP contribution in [0.5, 0.6) is 5.75 Å². The molecule has 0 spiro atoms. The van der Waals surface area contributed by atoms with Crippen molar-refractivity contribution < 1.29 is 9.84 Å². The van der Waals surface area contributed by atoms with Crippen molar-refractivity contribution in [2.75, 3.05) is 0 Å². The molecule has 0 atom stereocenters. The summed E-state index contributed by atoms with van der Waals surface area (Å²) >= 11 is 3.50. The Morgan fingerprint density at radius 3 is 2.83 bits per heavy atom. The second-order valence-electron chi connectivity index (χ2n) is 4.06. The average molecular weight is 311 g/mol. The van der Waals surface area contributed by atoms with E-state index in [9.17, 15) is 0 Å². The van der Waals surface area contributed by atoms with Gasteiger partial charge in [-0.1, -0.05) is 12.1 Å². The minimum atomic E-state index is 0.0196. The fraction of sp³-hybridized carbons (Fsp3) is 0.308. The van der Waals surface area contributed by atoms with Crippen LogP contribution in [-0.2, 0) is 20.3 Å². The highest BCUT2D eigenvalue weighted by Gasteiger charge is 2.11. The van der Waals surface area contributed by atoms with Gasteiger partial charge in [-0.15, -0.1) is 0 Å². The molecule has 0 amide bonds. The van der Waals surface area contributed by atoms with Crippen molar-refractivity contribution in [3.63, 3.8) is 0 Å². The molecule has 1 heterocycles. The molecule has 0 aliphatic heterocycles. The number of aryl methyl sites for hydroxylation is 2. The molecule has 18 heavy (non-hydrogen) atoms. The van der Waals surface area contributed by atoms with Gasteiger partial charge in [0.15, 0.2) is 0 Å². The molecule has 4 nitrogen and oxygen atoms in total. The van der Waals surface area contributed by atoms with Crippen molar-refractivity contribution in [2.24, 2.45) is 7.05 Å². The molecule has 0 radical (unpaired) electrons.